The fourth-order valence-corrected chi connectivity index (χ4v) is 7.56. The molecule has 2 saturated heterocycles. The first-order valence-corrected chi connectivity index (χ1v) is 17.4. The Morgan fingerprint density at radius 3 is 1.40 bits per heavy atom. The molecule has 0 spiro atoms. The zero-order chi connectivity index (χ0) is 34.5. The summed E-state index contributed by atoms with van der Waals surface area (Å²) in [4.78, 5) is 71.1. The molecule has 14 heteroatoms. The van der Waals surface area contributed by atoms with Gasteiger partial charge in [0.05, 0.1) is 26.3 Å². The number of alkyl carbamates (subject to hydrolysis) is 2. The fraction of sp³-hybridized carbons (Fsp3) is 0.706. The minimum Gasteiger partial charge on any atom is -0.453 e. The van der Waals surface area contributed by atoms with Gasteiger partial charge in [0.25, 0.3) is 0 Å². The summed E-state index contributed by atoms with van der Waals surface area (Å²) in [5.41, 5.74) is 2.20. The number of imidazole rings is 2. The second-order valence-electron chi connectivity index (χ2n) is 14.1. The molecule has 3 fully saturated rings. The Hall–Kier alpha value is -4.10. The highest BCUT2D eigenvalue weighted by atomic mass is 16.5. The molecule has 264 valence electrons. The SMILES string of the molecule is COC(=O)NC(C(=O)N1CCCC1c1ncc(C2CCC(c3cnc([C@@H]4CCCN4C(=O)C(NC(=O)OC)C(C)C)[nH]3)CC2)[nH]1)C(C)C. The summed E-state index contributed by atoms with van der Waals surface area (Å²) < 4.78 is 9.51. The second-order valence-corrected chi connectivity index (χ2v) is 14.1. The number of amides is 4. The number of H-pyrrole nitrogens is 2. The largest absolute Gasteiger partial charge is 0.453 e. The van der Waals surface area contributed by atoms with Crippen LogP contribution in [0.15, 0.2) is 12.4 Å². The molecule has 4 N–H and O–H groups in total. The smallest absolute Gasteiger partial charge is 0.407 e. The van der Waals surface area contributed by atoms with Gasteiger partial charge in [-0.15, -0.1) is 0 Å². The van der Waals surface area contributed by atoms with Gasteiger partial charge >= 0.3 is 12.2 Å². The van der Waals surface area contributed by atoms with Gasteiger partial charge in [-0.3, -0.25) is 9.59 Å². The Labute approximate surface area is 282 Å². The first kappa shape index (κ1) is 35.2. The molecule has 1 aliphatic carbocycles. The lowest BCUT2D eigenvalue weighted by Gasteiger charge is -2.30. The van der Waals surface area contributed by atoms with Crippen LogP contribution in [0, 0.1) is 11.8 Å². The number of hydrogen-bond donors (Lipinski definition) is 4. The Balaban J connectivity index is 1.19. The van der Waals surface area contributed by atoms with Crippen LogP contribution in [-0.4, -0.2) is 93.1 Å². The molecule has 4 atom stereocenters. The third-order valence-corrected chi connectivity index (χ3v) is 10.3. The zero-order valence-electron chi connectivity index (χ0n) is 29.1. The van der Waals surface area contributed by atoms with Crippen molar-refractivity contribution in [2.24, 2.45) is 11.8 Å². The van der Waals surface area contributed by atoms with Gasteiger partial charge in [-0.25, -0.2) is 19.6 Å². The maximum atomic E-state index is 13.5. The maximum absolute atomic E-state index is 13.5. The average molecular weight is 669 g/mol. The van der Waals surface area contributed by atoms with E-state index in [2.05, 4.69) is 20.6 Å². The van der Waals surface area contributed by atoms with Gasteiger partial charge in [0.1, 0.15) is 23.7 Å². The number of aromatic nitrogens is 4. The highest BCUT2D eigenvalue weighted by Crippen LogP contribution is 2.41. The van der Waals surface area contributed by atoms with Crippen LogP contribution in [0.3, 0.4) is 0 Å². The van der Waals surface area contributed by atoms with Gasteiger partial charge in [-0.2, -0.15) is 0 Å². The van der Waals surface area contributed by atoms with Crippen molar-refractivity contribution in [1.82, 2.24) is 40.4 Å². The van der Waals surface area contributed by atoms with Crippen molar-refractivity contribution in [3.8, 4) is 0 Å². The van der Waals surface area contributed by atoms with E-state index in [-0.39, 0.29) is 35.7 Å². The minimum atomic E-state index is -0.663. The summed E-state index contributed by atoms with van der Waals surface area (Å²) in [5, 5.41) is 5.41. The first-order valence-electron chi connectivity index (χ1n) is 17.4. The highest BCUT2D eigenvalue weighted by Gasteiger charge is 2.39. The van der Waals surface area contributed by atoms with Crippen LogP contribution in [-0.2, 0) is 19.1 Å². The third-order valence-electron chi connectivity index (χ3n) is 10.3. The molecule has 1 saturated carbocycles. The van der Waals surface area contributed by atoms with Crippen molar-refractivity contribution in [3.05, 3.63) is 35.4 Å². The number of likely N-dealkylation sites (tertiary alicyclic amines) is 2. The fourth-order valence-electron chi connectivity index (χ4n) is 7.56. The molecule has 3 aliphatic rings. The van der Waals surface area contributed by atoms with E-state index in [4.69, 9.17) is 19.4 Å². The number of nitrogens with zero attached hydrogens (tertiary/aromatic N) is 4. The molecule has 2 aromatic heterocycles. The summed E-state index contributed by atoms with van der Waals surface area (Å²) in [6.07, 6.45) is 10.0. The second kappa shape index (κ2) is 15.4. The third kappa shape index (κ3) is 7.62. The first-order chi connectivity index (χ1) is 23.0. The van der Waals surface area contributed by atoms with Crippen molar-refractivity contribution < 1.29 is 28.7 Å². The number of carbonyl (C=O) groups excluding carboxylic acids is 4. The van der Waals surface area contributed by atoms with Gasteiger partial charge in [0, 0.05) is 48.7 Å². The number of rotatable bonds is 10. The minimum absolute atomic E-state index is 0.0849. The van der Waals surface area contributed by atoms with Crippen LogP contribution in [0.1, 0.15) is 126 Å². The van der Waals surface area contributed by atoms with E-state index in [1.54, 1.807) is 0 Å². The number of aromatic amines is 2. The highest BCUT2D eigenvalue weighted by molar-refractivity contribution is 5.87. The number of ether oxygens (including phenoxy) is 2. The molecule has 4 heterocycles. The number of nitrogens with one attached hydrogen (secondary N) is 4. The maximum Gasteiger partial charge on any atom is 0.407 e. The van der Waals surface area contributed by atoms with E-state index >= 15 is 0 Å². The Bertz CT molecular complexity index is 1320. The normalized spacial score (nSPS) is 24.1. The molecule has 2 aliphatic heterocycles. The van der Waals surface area contributed by atoms with Crippen LogP contribution >= 0.6 is 0 Å². The zero-order valence-corrected chi connectivity index (χ0v) is 29.1. The molecule has 3 unspecified atom stereocenters. The van der Waals surface area contributed by atoms with E-state index in [1.807, 2.05) is 49.9 Å². The van der Waals surface area contributed by atoms with Crippen molar-refractivity contribution in [1.29, 1.82) is 0 Å². The molecule has 0 aromatic carbocycles. The molecule has 4 amide bonds. The molecule has 48 heavy (non-hydrogen) atoms. The molecule has 2 aromatic rings. The van der Waals surface area contributed by atoms with Gasteiger partial charge in [0.15, 0.2) is 0 Å². The van der Waals surface area contributed by atoms with Crippen LogP contribution in [0.2, 0.25) is 0 Å². The number of hydrogen-bond acceptors (Lipinski definition) is 8. The van der Waals surface area contributed by atoms with Gasteiger partial charge < -0.3 is 39.9 Å². The predicted octanol–water partition coefficient (Wildman–Crippen LogP) is 4.66. The van der Waals surface area contributed by atoms with Crippen LogP contribution < -0.4 is 10.6 Å². The van der Waals surface area contributed by atoms with E-state index in [0.717, 1.165) is 74.4 Å². The topological polar surface area (TPSA) is 175 Å². The molecule has 5 rings (SSSR count). The summed E-state index contributed by atoms with van der Waals surface area (Å²) in [6, 6.07) is -1.63. The van der Waals surface area contributed by atoms with Crippen molar-refractivity contribution in [2.45, 2.75) is 115 Å². The summed E-state index contributed by atoms with van der Waals surface area (Å²) in [6.45, 7) is 8.89. The summed E-state index contributed by atoms with van der Waals surface area (Å²) in [7, 11) is 2.59. The van der Waals surface area contributed by atoms with Crippen LogP contribution in [0.25, 0.3) is 0 Å². The molecule has 0 bridgehead atoms. The Morgan fingerprint density at radius 2 is 1.06 bits per heavy atom. The van der Waals surface area contributed by atoms with E-state index in [1.165, 1.54) is 14.2 Å². The van der Waals surface area contributed by atoms with E-state index in [9.17, 15) is 19.2 Å². The summed E-state index contributed by atoms with van der Waals surface area (Å²) >= 11 is 0. The lowest BCUT2D eigenvalue weighted by Crippen LogP contribution is -2.51. The van der Waals surface area contributed by atoms with Gasteiger partial charge in [-0.05, 0) is 63.2 Å². The molecule has 14 nitrogen and oxygen atoms in total. The standard InChI is InChI=1S/C34H52N8O6/c1-19(2)27(39-33(45)47-5)31(43)41-15-7-9-25(41)29-35-17-23(37-29)21-11-13-22(14-12-21)24-18-36-30(38-24)26-10-8-16-42(26)32(44)28(20(3)4)40-34(46)48-6/h17-22,25-28H,7-16H2,1-6H3,(H,35,37)(H,36,38)(H,39,45)(H,40,46)/t21?,22?,25-,26?,27?,28?/m0/s1. The molecule has 0 radical (unpaired) electrons. The van der Waals surface area contributed by atoms with Crippen LogP contribution in [0.5, 0.6) is 0 Å². The van der Waals surface area contributed by atoms with Crippen LogP contribution in [0.4, 0.5) is 9.59 Å². The summed E-state index contributed by atoms with van der Waals surface area (Å²) in [5.74, 6) is 1.89. The quantitative estimate of drug-likeness (QED) is 0.283. The monoisotopic (exact) mass is 668 g/mol. The Morgan fingerprint density at radius 1 is 0.688 bits per heavy atom. The van der Waals surface area contributed by atoms with Crippen molar-refractivity contribution >= 4 is 24.0 Å². The average Bonchev–Trinajstić information content (AvgIpc) is 3.90. The lowest BCUT2D eigenvalue weighted by atomic mass is 9.79. The Kier molecular flexibility index (Phi) is 11.3. The molecular weight excluding hydrogens is 616 g/mol. The van der Waals surface area contributed by atoms with Crippen molar-refractivity contribution in [2.75, 3.05) is 27.3 Å². The number of carbonyl (C=O) groups is 4. The van der Waals surface area contributed by atoms with E-state index in [0.29, 0.717) is 24.9 Å². The lowest BCUT2D eigenvalue weighted by molar-refractivity contribution is -0.136. The van der Waals surface area contributed by atoms with E-state index < -0.39 is 24.3 Å². The number of methoxy groups -OCH3 is 2. The molecular formula is C34H52N8O6. The van der Waals surface area contributed by atoms with Crippen molar-refractivity contribution in [3.63, 3.8) is 0 Å². The van der Waals surface area contributed by atoms with Gasteiger partial charge in [0.2, 0.25) is 11.8 Å². The van der Waals surface area contributed by atoms with Gasteiger partial charge in [-0.1, -0.05) is 27.7 Å². The predicted molar refractivity (Wildman–Crippen MR) is 177 cm³/mol.